The van der Waals surface area contributed by atoms with Crippen LogP contribution >= 0.6 is 0 Å². The minimum Gasteiger partial charge on any atom is -0.397 e. The average Bonchev–Trinajstić information content (AvgIpc) is 2.40. The first-order valence-electron chi connectivity index (χ1n) is 6.45. The Morgan fingerprint density at radius 3 is 2.68 bits per heavy atom. The summed E-state index contributed by atoms with van der Waals surface area (Å²) in [4.78, 5) is 11.7. The van der Waals surface area contributed by atoms with Gasteiger partial charge in [0.05, 0.1) is 11.4 Å². The molecule has 5 heteroatoms. The Hall–Kier alpha value is -1.59. The number of hydrogen-bond acceptors (Lipinski definition) is 4. The highest BCUT2D eigenvalue weighted by Gasteiger charge is 2.04. The van der Waals surface area contributed by atoms with Crippen LogP contribution in [-0.4, -0.2) is 32.8 Å². The van der Waals surface area contributed by atoms with Gasteiger partial charge in [-0.1, -0.05) is 12.1 Å². The predicted molar refractivity (Wildman–Crippen MR) is 76.0 cm³/mol. The number of nitrogen functional groups attached to an aromatic ring is 1. The molecule has 0 unspecified atom stereocenters. The molecule has 1 aromatic carbocycles. The molecule has 106 valence electrons. The van der Waals surface area contributed by atoms with E-state index in [2.05, 4.69) is 5.32 Å². The van der Waals surface area contributed by atoms with Crippen molar-refractivity contribution in [2.24, 2.45) is 0 Å². The summed E-state index contributed by atoms with van der Waals surface area (Å²) < 4.78 is 10.3. The maximum Gasteiger partial charge on any atom is 0.224 e. The van der Waals surface area contributed by atoms with Gasteiger partial charge in [-0.15, -0.1) is 0 Å². The van der Waals surface area contributed by atoms with Crippen molar-refractivity contribution < 1.29 is 14.3 Å². The largest absolute Gasteiger partial charge is 0.397 e. The van der Waals surface area contributed by atoms with Crippen molar-refractivity contribution in [1.29, 1.82) is 0 Å². The SMILES string of the molecule is COCCCOCCCC(=O)Nc1ccccc1N. The van der Waals surface area contributed by atoms with Crippen molar-refractivity contribution in [3.05, 3.63) is 24.3 Å². The van der Waals surface area contributed by atoms with Crippen molar-refractivity contribution in [2.45, 2.75) is 19.3 Å². The number of anilines is 2. The molecule has 0 heterocycles. The second kappa shape index (κ2) is 9.35. The summed E-state index contributed by atoms with van der Waals surface area (Å²) in [7, 11) is 1.67. The Bertz CT molecular complexity index is 383. The number of methoxy groups -OCH3 is 1. The number of rotatable bonds is 9. The Morgan fingerprint density at radius 2 is 1.95 bits per heavy atom. The molecule has 0 spiro atoms. The van der Waals surface area contributed by atoms with Gasteiger partial charge in [0.1, 0.15) is 0 Å². The Morgan fingerprint density at radius 1 is 1.21 bits per heavy atom. The number of para-hydroxylation sites is 2. The van der Waals surface area contributed by atoms with Gasteiger partial charge >= 0.3 is 0 Å². The number of amides is 1. The lowest BCUT2D eigenvalue weighted by atomic mass is 10.2. The molecule has 19 heavy (non-hydrogen) atoms. The predicted octanol–water partition coefficient (Wildman–Crippen LogP) is 2.04. The summed E-state index contributed by atoms with van der Waals surface area (Å²) in [5.74, 6) is -0.0432. The molecule has 3 N–H and O–H groups in total. The third kappa shape index (κ3) is 6.79. The average molecular weight is 266 g/mol. The summed E-state index contributed by atoms with van der Waals surface area (Å²) in [6, 6.07) is 7.22. The van der Waals surface area contributed by atoms with E-state index < -0.39 is 0 Å². The Labute approximate surface area is 114 Å². The van der Waals surface area contributed by atoms with Gasteiger partial charge in [-0.3, -0.25) is 4.79 Å². The van der Waals surface area contributed by atoms with Crippen LogP contribution in [0, 0.1) is 0 Å². The van der Waals surface area contributed by atoms with Crippen LogP contribution in [0.2, 0.25) is 0 Å². The fraction of sp³-hybridized carbons (Fsp3) is 0.500. The highest BCUT2D eigenvalue weighted by Crippen LogP contribution is 2.16. The van der Waals surface area contributed by atoms with Gasteiger partial charge in [-0.2, -0.15) is 0 Å². The van der Waals surface area contributed by atoms with Gasteiger partial charge in [-0.05, 0) is 25.0 Å². The minimum atomic E-state index is -0.0432. The van der Waals surface area contributed by atoms with Crippen LogP contribution < -0.4 is 11.1 Å². The normalized spacial score (nSPS) is 10.4. The lowest BCUT2D eigenvalue weighted by Gasteiger charge is -2.08. The molecule has 0 aliphatic rings. The van der Waals surface area contributed by atoms with Crippen LogP contribution in [0.1, 0.15) is 19.3 Å². The van der Waals surface area contributed by atoms with Crippen LogP contribution in [0.4, 0.5) is 11.4 Å². The molecule has 0 aromatic heterocycles. The molecular formula is C14H22N2O3. The second-order valence-corrected chi connectivity index (χ2v) is 4.20. The van der Waals surface area contributed by atoms with Gasteiger partial charge < -0.3 is 20.5 Å². The van der Waals surface area contributed by atoms with Crippen molar-refractivity contribution >= 4 is 17.3 Å². The third-order valence-corrected chi connectivity index (χ3v) is 2.56. The standard InChI is InChI=1S/C14H22N2O3/c1-18-9-5-11-19-10-4-8-14(17)16-13-7-3-2-6-12(13)15/h2-3,6-7H,4-5,8-11,15H2,1H3,(H,16,17). The molecular weight excluding hydrogens is 244 g/mol. The van der Waals surface area contributed by atoms with Crippen LogP contribution in [-0.2, 0) is 14.3 Å². The van der Waals surface area contributed by atoms with E-state index in [1.807, 2.05) is 12.1 Å². The van der Waals surface area contributed by atoms with Gasteiger partial charge in [0.2, 0.25) is 5.91 Å². The molecule has 0 bridgehead atoms. The molecule has 0 aliphatic carbocycles. The highest BCUT2D eigenvalue weighted by molar-refractivity contribution is 5.93. The molecule has 0 radical (unpaired) electrons. The van der Waals surface area contributed by atoms with E-state index in [4.69, 9.17) is 15.2 Å². The summed E-state index contributed by atoms with van der Waals surface area (Å²) in [5.41, 5.74) is 6.98. The molecule has 1 rings (SSSR count). The molecule has 1 amide bonds. The fourth-order valence-electron chi connectivity index (χ4n) is 1.57. The van der Waals surface area contributed by atoms with Gasteiger partial charge in [-0.25, -0.2) is 0 Å². The second-order valence-electron chi connectivity index (χ2n) is 4.20. The Kier molecular flexibility index (Phi) is 7.62. The van der Waals surface area contributed by atoms with Gasteiger partial charge in [0.25, 0.3) is 0 Å². The summed E-state index contributed by atoms with van der Waals surface area (Å²) in [6.45, 7) is 1.95. The lowest BCUT2D eigenvalue weighted by molar-refractivity contribution is -0.116. The number of benzene rings is 1. The van der Waals surface area contributed by atoms with E-state index in [-0.39, 0.29) is 5.91 Å². The number of ether oxygens (including phenoxy) is 2. The molecule has 0 saturated heterocycles. The molecule has 0 fully saturated rings. The minimum absolute atomic E-state index is 0.0432. The Balaban J connectivity index is 2.10. The number of carbonyl (C=O) groups excluding carboxylic acids is 1. The van der Waals surface area contributed by atoms with E-state index in [1.54, 1.807) is 19.2 Å². The summed E-state index contributed by atoms with van der Waals surface area (Å²) in [5, 5.41) is 2.78. The van der Waals surface area contributed by atoms with E-state index in [9.17, 15) is 4.79 Å². The van der Waals surface area contributed by atoms with Crippen molar-refractivity contribution in [2.75, 3.05) is 38.0 Å². The maximum atomic E-state index is 11.7. The van der Waals surface area contributed by atoms with E-state index >= 15 is 0 Å². The van der Waals surface area contributed by atoms with Crippen LogP contribution in [0.5, 0.6) is 0 Å². The van der Waals surface area contributed by atoms with Gasteiger partial charge in [0.15, 0.2) is 0 Å². The van der Waals surface area contributed by atoms with E-state index in [0.717, 1.165) is 6.42 Å². The smallest absolute Gasteiger partial charge is 0.224 e. The number of nitrogens with two attached hydrogens (primary N) is 1. The number of hydrogen-bond donors (Lipinski definition) is 2. The summed E-state index contributed by atoms with van der Waals surface area (Å²) >= 11 is 0. The van der Waals surface area contributed by atoms with Crippen LogP contribution in [0.15, 0.2) is 24.3 Å². The topological polar surface area (TPSA) is 73.6 Å². The fourth-order valence-corrected chi connectivity index (χ4v) is 1.57. The van der Waals surface area contributed by atoms with E-state index in [0.29, 0.717) is 44.0 Å². The maximum absolute atomic E-state index is 11.7. The lowest BCUT2D eigenvalue weighted by Crippen LogP contribution is -2.13. The van der Waals surface area contributed by atoms with Crippen molar-refractivity contribution in [3.8, 4) is 0 Å². The number of nitrogens with one attached hydrogen (secondary N) is 1. The molecule has 0 atom stereocenters. The third-order valence-electron chi connectivity index (χ3n) is 2.56. The first kappa shape index (κ1) is 15.5. The van der Waals surface area contributed by atoms with E-state index in [1.165, 1.54) is 0 Å². The van der Waals surface area contributed by atoms with Crippen LogP contribution in [0.25, 0.3) is 0 Å². The zero-order valence-electron chi connectivity index (χ0n) is 11.4. The first-order valence-corrected chi connectivity index (χ1v) is 6.45. The molecule has 0 saturated carbocycles. The van der Waals surface area contributed by atoms with Crippen LogP contribution in [0.3, 0.4) is 0 Å². The van der Waals surface area contributed by atoms with Crippen molar-refractivity contribution in [3.63, 3.8) is 0 Å². The first-order chi connectivity index (χ1) is 9.24. The van der Waals surface area contributed by atoms with Gasteiger partial charge in [0, 0.05) is 33.4 Å². The van der Waals surface area contributed by atoms with Crippen molar-refractivity contribution in [1.82, 2.24) is 0 Å². The number of carbonyl (C=O) groups is 1. The zero-order valence-corrected chi connectivity index (χ0v) is 11.4. The molecule has 5 nitrogen and oxygen atoms in total. The zero-order chi connectivity index (χ0) is 13.9. The quantitative estimate of drug-likeness (QED) is 0.530. The highest BCUT2D eigenvalue weighted by atomic mass is 16.5. The summed E-state index contributed by atoms with van der Waals surface area (Å²) in [6.07, 6.45) is 2.01. The monoisotopic (exact) mass is 266 g/mol. The molecule has 0 aliphatic heterocycles. The molecule has 1 aromatic rings.